The molecule has 0 saturated heterocycles. The Bertz CT molecular complexity index is 455. The molecule has 0 aromatic heterocycles. The van der Waals surface area contributed by atoms with Crippen LogP contribution in [0.2, 0.25) is 0 Å². The van der Waals surface area contributed by atoms with Crippen molar-refractivity contribution in [2.45, 2.75) is 32.1 Å². The summed E-state index contributed by atoms with van der Waals surface area (Å²) in [4.78, 5) is 23.5. The zero-order chi connectivity index (χ0) is 14.6. The fourth-order valence-corrected chi connectivity index (χ4v) is 1.79. The van der Waals surface area contributed by atoms with Gasteiger partial charge in [-0.15, -0.1) is 0 Å². The van der Waals surface area contributed by atoms with Gasteiger partial charge in [-0.2, -0.15) is 0 Å². The second kappa shape index (κ2) is 5.87. The van der Waals surface area contributed by atoms with E-state index in [1.807, 2.05) is 18.2 Å². The largest absolute Gasteiger partial charge is 0.468 e. The molecule has 0 heterocycles. The molecule has 0 saturated carbocycles. The van der Waals surface area contributed by atoms with Gasteiger partial charge in [0.1, 0.15) is 0 Å². The lowest BCUT2D eigenvalue weighted by Crippen LogP contribution is -2.25. The van der Waals surface area contributed by atoms with Gasteiger partial charge in [0.05, 0.1) is 14.2 Å². The number of carbonyl (C=O) groups is 2. The Kier molecular flexibility index (Phi) is 4.70. The highest BCUT2D eigenvalue weighted by Crippen LogP contribution is 2.27. The minimum absolute atomic E-state index is 0.0627. The molecule has 4 heteroatoms. The summed E-state index contributed by atoms with van der Waals surface area (Å²) in [6, 6.07) is 7.37. The van der Waals surface area contributed by atoms with Crippen LogP contribution in [0.25, 0.3) is 0 Å². The molecule has 1 aromatic carbocycles. The van der Waals surface area contributed by atoms with Crippen molar-refractivity contribution in [1.29, 1.82) is 0 Å². The molecule has 0 aliphatic carbocycles. The summed E-state index contributed by atoms with van der Waals surface area (Å²) in [5.41, 5.74) is 1.57. The van der Waals surface area contributed by atoms with Crippen LogP contribution < -0.4 is 0 Å². The van der Waals surface area contributed by atoms with Crippen LogP contribution in [-0.4, -0.2) is 26.2 Å². The molecule has 0 aliphatic rings. The van der Waals surface area contributed by atoms with Gasteiger partial charge in [-0.1, -0.05) is 45.0 Å². The summed E-state index contributed by atoms with van der Waals surface area (Å²) < 4.78 is 9.35. The highest BCUT2D eigenvalue weighted by Gasteiger charge is 2.31. The summed E-state index contributed by atoms with van der Waals surface area (Å²) in [5, 5.41) is 0. The first kappa shape index (κ1) is 15.2. The Morgan fingerprint density at radius 2 is 1.58 bits per heavy atom. The standard InChI is InChI=1S/C15H20O4/c1-15(2,3)11-8-6-7-10(9-11)12(13(16)18-4)14(17)19-5/h6-9,12H,1-5H3. The zero-order valence-electron chi connectivity index (χ0n) is 12.0. The van der Waals surface area contributed by atoms with Gasteiger partial charge in [0.25, 0.3) is 0 Å². The fraction of sp³-hybridized carbons (Fsp3) is 0.467. The maximum Gasteiger partial charge on any atom is 0.324 e. The molecule has 0 aliphatic heterocycles. The van der Waals surface area contributed by atoms with Crippen LogP contribution in [-0.2, 0) is 24.5 Å². The van der Waals surface area contributed by atoms with E-state index >= 15 is 0 Å². The van der Waals surface area contributed by atoms with Gasteiger partial charge in [0.2, 0.25) is 0 Å². The van der Waals surface area contributed by atoms with Crippen LogP contribution in [0, 0.1) is 0 Å². The van der Waals surface area contributed by atoms with Crippen LogP contribution >= 0.6 is 0 Å². The SMILES string of the molecule is COC(=O)C(C(=O)OC)c1cccc(C(C)(C)C)c1. The summed E-state index contributed by atoms with van der Waals surface area (Å²) in [7, 11) is 2.51. The van der Waals surface area contributed by atoms with Crippen molar-refractivity contribution in [2.24, 2.45) is 0 Å². The third-order valence-electron chi connectivity index (χ3n) is 2.96. The van der Waals surface area contributed by atoms with Gasteiger partial charge in [0, 0.05) is 0 Å². The molecule has 0 N–H and O–H groups in total. The van der Waals surface area contributed by atoms with Gasteiger partial charge in [-0.3, -0.25) is 9.59 Å². The van der Waals surface area contributed by atoms with E-state index in [2.05, 4.69) is 30.2 Å². The van der Waals surface area contributed by atoms with Gasteiger partial charge in [-0.25, -0.2) is 0 Å². The number of esters is 2. The first-order chi connectivity index (χ1) is 8.81. The third kappa shape index (κ3) is 3.56. The predicted octanol–water partition coefficient (Wildman–Crippen LogP) is 2.41. The summed E-state index contributed by atoms with van der Waals surface area (Å²) >= 11 is 0. The molecule has 0 bridgehead atoms. The van der Waals surface area contributed by atoms with E-state index in [0.717, 1.165) is 5.56 Å². The lowest BCUT2D eigenvalue weighted by Gasteiger charge is -2.21. The minimum Gasteiger partial charge on any atom is -0.468 e. The van der Waals surface area contributed by atoms with E-state index in [1.165, 1.54) is 14.2 Å². The molecule has 0 unspecified atom stereocenters. The Labute approximate surface area is 113 Å². The molecule has 0 atom stereocenters. The Morgan fingerprint density at radius 1 is 1.05 bits per heavy atom. The second-order valence-electron chi connectivity index (χ2n) is 5.35. The molecule has 0 spiro atoms. The molecular formula is C15H20O4. The van der Waals surface area contributed by atoms with Crippen molar-refractivity contribution in [3.8, 4) is 0 Å². The smallest absolute Gasteiger partial charge is 0.324 e. The number of hydrogen-bond donors (Lipinski definition) is 0. The van der Waals surface area contributed by atoms with Crippen molar-refractivity contribution in [2.75, 3.05) is 14.2 Å². The summed E-state index contributed by atoms with van der Waals surface area (Å²) in [6.45, 7) is 6.20. The molecule has 0 radical (unpaired) electrons. The molecule has 104 valence electrons. The minimum atomic E-state index is -1.03. The number of rotatable bonds is 3. The monoisotopic (exact) mass is 264 g/mol. The number of benzene rings is 1. The van der Waals surface area contributed by atoms with E-state index < -0.39 is 17.9 Å². The lowest BCUT2D eigenvalue weighted by atomic mass is 9.84. The highest BCUT2D eigenvalue weighted by molar-refractivity contribution is 6.00. The topological polar surface area (TPSA) is 52.6 Å². The van der Waals surface area contributed by atoms with Crippen LogP contribution in [0.15, 0.2) is 24.3 Å². The average molecular weight is 264 g/mol. The highest BCUT2D eigenvalue weighted by atomic mass is 16.5. The second-order valence-corrected chi connectivity index (χ2v) is 5.35. The number of carbonyl (C=O) groups excluding carboxylic acids is 2. The van der Waals surface area contributed by atoms with Gasteiger partial charge in [0.15, 0.2) is 5.92 Å². The normalized spacial score (nSPS) is 11.3. The van der Waals surface area contributed by atoms with Crippen LogP contribution in [0.4, 0.5) is 0 Å². The average Bonchev–Trinajstić information content (AvgIpc) is 2.37. The van der Waals surface area contributed by atoms with Crippen molar-refractivity contribution in [3.05, 3.63) is 35.4 Å². The lowest BCUT2D eigenvalue weighted by molar-refractivity contribution is -0.154. The van der Waals surface area contributed by atoms with E-state index in [-0.39, 0.29) is 5.41 Å². The van der Waals surface area contributed by atoms with Gasteiger partial charge >= 0.3 is 11.9 Å². The van der Waals surface area contributed by atoms with E-state index in [0.29, 0.717) is 5.56 Å². The molecular weight excluding hydrogens is 244 g/mol. The fourth-order valence-electron chi connectivity index (χ4n) is 1.79. The maximum atomic E-state index is 11.8. The van der Waals surface area contributed by atoms with E-state index in [9.17, 15) is 9.59 Å². The molecule has 0 amide bonds. The Hall–Kier alpha value is -1.84. The van der Waals surface area contributed by atoms with Crippen molar-refractivity contribution < 1.29 is 19.1 Å². The van der Waals surface area contributed by atoms with Crippen LogP contribution in [0.3, 0.4) is 0 Å². The number of hydrogen-bond acceptors (Lipinski definition) is 4. The summed E-state index contributed by atoms with van der Waals surface area (Å²) in [5.74, 6) is -2.26. The van der Waals surface area contributed by atoms with Crippen LogP contribution in [0.5, 0.6) is 0 Å². The first-order valence-electron chi connectivity index (χ1n) is 6.07. The number of ether oxygens (including phenoxy) is 2. The molecule has 0 fully saturated rings. The first-order valence-corrected chi connectivity index (χ1v) is 6.07. The molecule has 1 rings (SSSR count). The maximum absolute atomic E-state index is 11.8. The van der Waals surface area contributed by atoms with Gasteiger partial charge < -0.3 is 9.47 Å². The van der Waals surface area contributed by atoms with Crippen molar-refractivity contribution >= 4 is 11.9 Å². The quantitative estimate of drug-likeness (QED) is 0.621. The van der Waals surface area contributed by atoms with E-state index in [1.54, 1.807) is 6.07 Å². The summed E-state index contributed by atoms with van der Waals surface area (Å²) in [6.07, 6.45) is 0. The van der Waals surface area contributed by atoms with Crippen molar-refractivity contribution in [1.82, 2.24) is 0 Å². The molecule has 1 aromatic rings. The predicted molar refractivity (Wildman–Crippen MR) is 71.9 cm³/mol. The Balaban J connectivity index is 3.24. The van der Waals surface area contributed by atoms with Gasteiger partial charge in [-0.05, 0) is 16.5 Å². The van der Waals surface area contributed by atoms with Crippen LogP contribution in [0.1, 0.15) is 37.8 Å². The molecule has 19 heavy (non-hydrogen) atoms. The van der Waals surface area contributed by atoms with E-state index in [4.69, 9.17) is 0 Å². The Morgan fingerprint density at radius 3 is 2.00 bits per heavy atom. The number of methoxy groups -OCH3 is 2. The van der Waals surface area contributed by atoms with Crippen molar-refractivity contribution in [3.63, 3.8) is 0 Å². The zero-order valence-corrected chi connectivity index (χ0v) is 12.0. The molecule has 4 nitrogen and oxygen atoms in total. The third-order valence-corrected chi connectivity index (χ3v) is 2.96.